The molecule has 0 heterocycles. The Morgan fingerprint density at radius 1 is 1.06 bits per heavy atom. The SMILES string of the molecule is CCCCCCCC/C(C)=C\C(=O)OCC. The molecule has 94 valence electrons. The van der Waals surface area contributed by atoms with Crippen molar-refractivity contribution in [2.45, 2.75) is 65.7 Å². The monoisotopic (exact) mass is 226 g/mol. The van der Waals surface area contributed by atoms with Crippen LogP contribution in [0.4, 0.5) is 0 Å². The molecule has 0 atom stereocenters. The fourth-order valence-electron chi connectivity index (χ4n) is 1.64. The van der Waals surface area contributed by atoms with Crippen molar-refractivity contribution >= 4 is 5.97 Å². The Kier molecular flexibility index (Phi) is 10.2. The average molecular weight is 226 g/mol. The van der Waals surface area contributed by atoms with Crippen molar-refractivity contribution in [3.8, 4) is 0 Å². The standard InChI is InChI=1S/C14H26O2/c1-4-6-7-8-9-10-11-13(3)12-14(15)16-5-2/h12H,4-11H2,1-3H3/b13-12-. The van der Waals surface area contributed by atoms with E-state index in [-0.39, 0.29) is 5.97 Å². The summed E-state index contributed by atoms with van der Waals surface area (Å²) in [5, 5.41) is 0. The van der Waals surface area contributed by atoms with Crippen molar-refractivity contribution in [1.29, 1.82) is 0 Å². The van der Waals surface area contributed by atoms with Crippen LogP contribution in [-0.4, -0.2) is 12.6 Å². The lowest BCUT2D eigenvalue weighted by atomic mass is 10.1. The van der Waals surface area contributed by atoms with Gasteiger partial charge < -0.3 is 4.74 Å². The zero-order chi connectivity index (χ0) is 12.2. The van der Waals surface area contributed by atoms with Gasteiger partial charge in [-0.05, 0) is 26.7 Å². The van der Waals surface area contributed by atoms with Gasteiger partial charge in [-0.3, -0.25) is 0 Å². The zero-order valence-corrected chi connectivity index (χ0v) is 11.1. The van der Waals surface area contributed by atoms with E-state index in [1.807, 2.05) is 13.8 Å². The van der Waals surface area contributed by atoms with Gasteiger partial charge in [0.25, 0.3) is 0 Å². The van der Waals surface area contributed by atoms with Crippen LogP contribution >= 0.6 is 0 Å². The largest absolute Gasteiger partial charge is 0.463 e. The molecule has 0 unspecified atom stereocenters. The van der Waals surface area contributed by atoms with Crippen molar-refractivity contribution in [3.05, 3.63) is 11.6 Å². The smallest absolute Gasteiger partial charge is 0.330 e. The molecule has 0 N–H and O–H groups in total. The Hall–Kier alpha value is -0.790. The maximum atomic E-state index is 11.1. The van der Waals surface area contributed by atoms with E-state index < -0.39 is 0 Å². The van der Waals surface area contributed by atoms with Crippen molar-refractivity contribution in [1.82, 2.24) is 0 Å². The highest BCUT2D eigenvalue weighted by Gasteiger charge is 1.98. The lowest BCUT2D eigenvalue weighted by molar-refractivity contribution is -0.137. The Balaban J connectivity index is 3.49. The first-order chi connectivity index (χ1) is 7.70. The summed E-state index contributed by atoms with van der Waals surface area (Å²) in [5.41, 5.74) is 1.13. The lowest BCUT2D eigenvalue weighted by Crippen LogP contribution is -2.00. The Morgan fingerprint density at radius 3 is 2.31 bits per heavy atom. The van der Waals surface area contributed by atoms with Gasteiger partial charge in [0.1, 0.15) is 0 Å². The molecule has 0 aliphatic carbocycles. The number of rotatable bonds is 9. The highest BCUT2D eigenvalue weighted by molar-refractivity contribution is 5.82. The van der Waals surface area contributed by atoms with Gasteiger partial charge in [0.05, 0.1) is 6.61 Å². The molecular formula is C14H26O2. The van der Waals surface area contributed by atoms with Crippen molar-refractivity contribution in [2.75, 3.05) is 6.61 Å². The predicted octanol–water partition coefficient (Wildman–Crippen LogP) is 4.25. The third-order valence-corrected chi connectivity index (χ3v) is 2.58. The average Bonchev–Trinajstić information content (AvgIpc) is 2.23. The van der Waals surface area contributed by atoms with Gasteiger partial charge in [0, 0.05) is 6.08 Å². The van der Waals surface area contributed by atoms with Crippen LogP contribution in [0.3, 0.4) is 0 Å². The van der Waals surface area contributed by atoms with Crippen molar-refractivity contribution in [3.63, 3.8) is 0 Å². The van der Waals surface area contributed by atoms with Crippen molar-refractivity contribution < 1.29 is 9.53 Å². The number of carbonyl (C=O) groups excluding carboxylic acids is 1. The number of allylic oxidation sites excluding steroid dienone is 1. The molecule has 0 aliphatic rings. The second-order valence-electron chi connectivity index (χ2n) is 4.26. The highest BCUT2D eigenvalue weighted by Crippen LogP contribution is 2.11. The molecule has 16 heavy (non-hydrogen) atoms. The summed E-state index contributed by atoms with van der Waals surface area (Å²) in [6, 6.07) is 0. The number of hydrogen-bond acceptors (Lipinski definition) is 2. The van der Waals surface area contributed by atoms with Crippen LogP contribution in [0.15, 0.2) is 11.6 Å². The minimum atomic E-state index is -0.203. The molecule has 2 nitrogen and oxygen atoms in total. The summed E-state index contributed by atoms with van der Waals surface area (Å²) in [7, 11) is 0. The molecule has 2 heteroatoms. The third kappa shape index (κ3) is 9.75. The molecule has 0 rings (SSSR count). The van der Waals surface area contributed by atoms with Gasteiger partial charge in [0.15, 0.2) is 0 Å². The van der Waals surface area contributed by atoms with Gasteiger partial charge in [-0.2, -0.15) is 0 Å². The van der Waals surface area contributed by atoms with E-state index in [1.165, 1.54) is 38.5 Å². The van der Waals surface area contributed by atoms with Crippen LogP contribution in [0.5, 0.6) is 0 Å². The molecule has 0 saturated heterocycles. The quantitative estimate of drug-likeness (QED) is 0.334. The van der Waals surface area contributed by atoms with Crippen LogP contribution < -0.4 is 0 Å². The van der Waals surface area contributed by atoms with E-state index in [2.05, 4.69) is 6.92 Å². The van der Waals surface area contributed by atoms with Gasteiger partial charge in [0.2, 0.25) is 0 Å². The summed E-state index contributed by atoms with van der Waals surface area (Å²) in [5.74, 6) is -0.203. The van der Waals surface area contributed by atoms with Gasteiger partial charge in [-0.15, -0.1) is 0 Å². The second-order valence-corrected chi connectivity index (χ2v) is 4.26. The van der Waals surface area contributed by atoms with Gasteiger partial charge in [-0.1, -0.05) is 44.6 Å². The topological polar surface area (TPSA) is 26.3 Å². The predicted molar refractivity (Wildman–Crippen MR) is 68.4 cm³/mol. The van der Waals surface area contributed by atoms with Crippen LogP contribution in [0.2, 0.25) is 0 Å². The first-order valence-corrected chi connectivity index (χ1v) is 6.54. The van der Waals surface area contributed by atoms with Crippen LogP contribution in [0, 0.1) is 0 Å². The fourth-order valence-corrected chi connectivity index (χ4v) is 1.64. The lowest BCUT2D eigenvalue weighted by Gasteiger charge is -2.02. The molecule has 0 spiro atoms. The van der Waals surface area contributed by atoms with E-state index in [9.17, 15) is 4.79 Å². The fraction of sp³-hybridized carbons (Fsp3) is 0.786. The molecule has 0 saturated carbocycles. The Morgan fingerprint density at radius 2 is 1.69 bits per heavy atom. The zero-order valence-electron chi connectivity index (χ0n) is 11.1. The number of unbranched alkanes of at least 4 members (excludes halogenated alkanes) is 5. The summed E-state index contributed by atoms with van der Waals surface area (Å²) in [6.45, 7) is 6.52. The van der Waals surface area contributed by atoms with Crippen LogP contribution in [0.25, 0.3) is 0 Å². The minimum absolute atomic E-state index is 0.203. The summed E-state index contributed by atoms with van der Waals surface area (Å²) in [6.07, 6.45) is 10.4. The molecule has 0 aromatic heterocycles. The first kappa shape index (κ1) is 15.2. The highest BCUT2D eigenvalue weighted by atomic mass is 16.5. The van der Waals surface area contributed by atoms with Crippen LogP contribution in [0.1, 0.15) is 65.7 Å². The molecule has 0 radical (unpaired) electrons. The number of carbonyl (C=O) groups is 1. The first-order valence-electron chi connectivity index (χ1n) is 6.54. The van der Waals surface area contributed by atoms with E-state index in [1.54, 1.807) is 6.08 Å². The molecule has 0 aliphatic heterocycles. The molecule has 0 aromatic carbocycles. The number of esters is 1. The van der Waals surface area contributed by atoms with E-state index >= 15 is 0 Å². The van der Waals surface area contributed by atoms with Gasteiger partial charge >= 0.3 is 5.97 Å². The summed E-state index contributed by atoms with van der Waals surface area (Å²) < 4.78 is 4.86. The minimum Gasteiger partial charge on any atom is -0.463 e. The van der Waals surface area contributed by atoms with E-state index in [0.717, 1.165) is 12.0 Å². The number of ether oxygens (including phenoxy) is 1. The maximum Gasteiger partial charge on any atom is 0.330 e. The molecule has 0 fully saturated rings. The summed E-state index contributed by atoms with van der Waals surface area (Å²) >= 11 is 0. The maximum absolute atomic E-state index is 11.1. The van der Waals surface area contributed by atoms with E-state index in [4.69, 9.17) is 4.74 Å². The normalized spacial score (nSPS) is 11.6. The second kappa shape index (κ2) is 10.7. The van der Waals surface area contributed by atoms with E-state index in [0.29, 0.717) is 6.61 Å². The Bertz CT molecular complexity index is 207. The van der Waals surface area contributed by atoms with Crippen LogP contribution in [-0.2, 0) is 9.53 Å². The van der Waals surface area contributed by atoms with Gasteiger partial charge in [-0.25, -0.2) is 4.79 Å². The molecule has 0 aromatic rings. The molecular weight excluding hydrogens is 200 g/mol. The number of hydrogen-bond donors (Lipinski definition) is 0. The molecule has 0 amide bonds. The summed E-state index contributed by atoms with van der Waals surface area (Å²) in [4.78, 5) is 11.1. The van der Waals surface area contributed by atoms with Crippen molar-refractivity contribution in [2.24, 2.45) is 0 Å². The molecule has 0 bridgehead atoms. The Labute approximate surface area is 100 Å². The third-order valence-electron chi connectivity index (χ3n) is 2.58.